The molecule has 0 radical (unpaired) electrons. The molecule has 11 atom stereocenters. The Morgan fingerprint density at radius 3 is 2.14 bits per heavy atom. The summed E-state index contributed by atoms with van der Waals surface area (Å²) in [5.74, 6) is -0.973. The minimum atomic E-state index is -0.841. The highest BCUT2D eigenvalue weighted by atomic mass is 35.5. The molecule has 9 nitrogen and oxygen atoms in total. The molecule has 6 aliphatic carbocycles. The van der Waals surface area contributed by atoms with Gasteiger partial charge in [-0.25, -0.2) is 0 Å². The summed E-state index contributed by atoms with van der Waals surface area (Å²) >= 11 is 5.99. The molecule has 1 aromatic carbocycles. The molecule has 0 aromatic heterocycles. The van der Waals surface area contributed by atoms with E-state index in [1.807, 2.05) is 20.8 Å². The number of carboxylic acids is 1. The maximum absolute atomic E-state index is 14.1. The first kappa shape index (κ1) is 43.9. The Hall–Kier alpha value is -3.20. The third-order valence-corrected chi connectivity index (χ3v) is 18.5. The van der Waals surface area contributed by atoms with Crippen LogP contribution < -0.4 is 10.6 Å². The number of aliphatic carboxylic acids is 1. The van der Waals surface area contributed by atoms with Crippen molar-refractivity contribution in [2.45, 2.75) is 152 Å². The van der Waals surface area contributed by atoms with Crippen molar-refractivity contribution in [2.24, 2.45) is 68.0 Å². The molecule has 0 heterocycles. The summed E-state index contributed by atoms with van der Waals surface area (Å²) < 4.78 is 6.41. The lowest BCUT2D eigenvalue weighted by molar-refractivity contribution is -0.236. The maximum atomic E-state index is 14.1. The number of carboxylic acid groups (broad SMARTS) is 1. The predicted octanol–water partition coefficient (Wildman–Crippen LogP) is 9.60. The van der Waals surface area contributed by atoms with Gasteiger partial charge in [0.25, 0.3) is 5.91 Å². The number of carbonyl (C=O) groups is 5. The van der Waals surface area contributed by atoms with Gasteiger partial charge >= 0.3 is 11.9 Å². The molecule has 0 bridgehead atoms. The normalized spacial score (nSPS) is 38.5. The standard InChI is InChI=1S/C49H69ClN2O7/c1-27(2)39-34(53)24-49(25-38(54)52-28(3)26-51-41(55)29-11-13-30(50)14-12-29)22-21-47(9)31(40(39)49)15-16-36-46(8)19-18-37(45(6,7)35(46)17-20-48(36,47)10)59-43(58)33-23-32(42(56)57)44(33,4)5/h11-14,27-28,31-33,35-37H,15-26H2,1-10H3,(H,51,55)(H,52,54)(H,56,57)/t28-,31?,32-,33+,35-,36+,37-,46-,47+,48+,49-/m0/s1. The predicted molar refractivity (Wildman–Crippen MR) is 228 cm³/mol. The molecule has 2 amide bonds. The Labute approximate surface area is 357 Å². The van der Waals surface area contributed by atoms with Gasteiger partial charge in [0.05, 0.1) is 11.8 Å². The minimum Gasteiger partial charge on any atom is -0.481 e. The third kappa shape index (κ3) is 6.90. The number of hydrogen-bond acceptors (Lipinski definition) is 6. The van der Waals surface area contributed by atoms with Gasteiger partial charge in [-0.15, -0.1) is 0 Å². The van der Waals surface area contributed by atoms with E-state index in [1.165, 1.54) is 5.57 Å². The fraction of sp³-hybridized carbons (Fsp3) is 0.735. The van der Waals surface area contributed by atoms with Crippen molar-refractivity contribution in [3.8, 4) is 0 Å². The average molecular weight is 834 g/mol. The fourth-order valence-electron chi connectivity index (χ4n) is 14.7. The number of amides is 2. The van der Waals surface area contributed by atoms with Gasteiger partial charge in [-0.3, -0.25) is 24.0 Å². The second-order valence-electron chi connectivity index (χ2n) is 22.1. The second kappa shape index (κ2) is 15.0. The molecule has 5 fully saturated rings. The Bertz CT molecular complexity index is 1940. The number of benzene rings is 1. The molecule has 1 unspecified atom stereocenters. The van der Waals surface area contributed by atoms with Crippen LogP contribution in [0.4, 0.5) is 0 Å². The van der Waals surface area contributed by atoms with E-state index in [9.17, 15) is 29.1 Å². The van der Waals surface area contributed by atoms with Gasteiger partial charge in [-0.1, -0.05) is 79.5 Å². The Morgan fingerprint density at radius 2 is 1.51 bits per heavy atom. The number of ketones is 1. The molecule has 5 saturated carbocycles. The van der Waals surface area contributed by atoms with Crippen LogP contribution in [-0.2, 0) is 23.9 Å². The molecular weight excluding hydrogens is 764 g/mol. The Balaban J connectivity index is 1.08. The number of hydrogen-bond donors (Lipinski definition) is 3. The molecule has 0 spiro atoms. The monoisotopic (exact) mass is 832 g/mol. The van der Waals surface area contributed by atoms with Crippen LogP contribution >= 0.6 is 11.6 Å². The molecule has 6 aliphatic rings. The molecule has 0 saturated heterocycles. The Morgan fingerprint density at radius 1 is 0.831 bits per heavy atom. The molecule has 10 heteroatoms. The van der Waals surface area contributed by atoms with Crippen molar-refractivity contribution in [1.29, 1.82) is 0 Å². The van der Waals surface area contributed by atoms with E-state index in [4.69, 9.17) is 16.3 Å². The van der Waals surface area contributed by atoms with E-state index in [0.717, 1.165) is 56.9 Å². The minimum absolute atomic E-state index is 0.0223. The summed E-state index contributed by atoms with van der Waals surface area (Å²) in [6.07, 6.45) is 8.50. The van der Waals surface area contributed by atoms with Crippen LogP contribution in [0.15, 0.2) is 35.4 Å². The van der Waals surface area contributed by atoms with Gasteiger partial charge in [0.2, 0.25) is 5.91 Å². The van der Waals surface area contributed by atoms with Crippen molar-refractivity contribution >= 4 is 41.1 Å². The van der Waals surface area contributed by atoms with E-state index < -0.39 is 28.6 Å². The van der Waals surface area contributed by atoms with Crippen LogP contribution in [0.5, 0.6) is 0 Å². The van der Waals surface area contributed by atoms with Gasteiger partial charge < -0.3 is 20.5 Å². The van der Waals surface area contributed by atoms with Crippen molar-refractivity contribution in [1.82, 2.24) is 10.6 Å². The number of rotatable bonds is 10. The average Bonchev–Trinajstić information content (AvgIpc) is 3.43. The lowest BCUT2D eigenvalue weighted by atomic mass is 9.33. The zero-order valence-corrected chi connectivity index (χ0v) is 37.9. The summed E-state index contributed by atoms with van der Waals surface area (Å²) in [5, 5.41) is 16.3. The third-order valence-electron chi connectivity index (χ3n) is 18.2. The van der Waals surface area contributed by atoms with Crippen LogP contribution in [0.3, 0.4) is 0 Å². The summed E-state index contributed by atoms with van der Waals surface area (Å²) in [7, 11) is 0. The van der Waals surface area contributed by atoms with Crippen molar-refractivity contribution in [3.05, 3.63) is 46.0 Å². The summed E-state index contributed by atoms with van der Waals surface area (Å²) in [6.45, 7) is 22.4. The van der Waals surface area contributed by atoms with Gasteiger partial charge in [0, 0.05) is 46.8 Å². The highest BCUT2D eigenvalue weighted by Gasteiger charge is 2.70. The molecule has 59 heavy (non-hydrogen) atoms. The number of Topliss-reactive ketones (excluding diaryl/α,β-unsaturated/α-hetero) is 1. The number of nitrogens with one attached hydrogen (secondary N) is 2. The van der Waals surface area contributed by atoms with Crippen LogP contribution in [-0.4, -0.2) is 53.3 Å². The van der Waals surface area contributed by atoms with Crippen LogP contribution in [0.2, 0.25) is 5.02 Å². The van der Waals surface area contributed by atoms with Crippen molar-refractivity contribution in [3.63, 3.8) is 0 Å². The van der Waals surface area contributed by atoms with Gasteiger partial charge in [-0.05, 0) is 140 Å². The van der Waals surface area contributed by atoms with Gasteiger partial charge in [0.15, 0.2) is 5.78 Å². The molecule has 1 aromatic rings. The number of fused-ring (bicyclic) bond motifs is 7. The summed E-state index contributed by atoms with van der Waals surface area (Å²) in [5.41, 5.74) is 1.41. The van der Waals surface area contributed by atoms with E-state index in [2.05, 4.69) is 59.1 Å². The smallest absolute Gasteiger partial charge is 0.309 e. The topological polar surface area (TPSA) is 139 Å². The van der Waals surface area contributed by atoms with E-state index in [1.54, 1.807) is 24.3 Å². The lowest BCUT2D eigenvalue weighted by Crippen LogP contribution is -2.66. The maximum Gasteiger partial charge on any atom is 0.309 e. The molecule has 3 N–H and O–H groups in total. The van der Waals surface area contributed by atoms with Crippen LogP contribution in [0, 0.1) is 68.0 Å². The number of allylic oxidation sites excluding steroid dienone is 2. The molecule has 7 rings (SSSR count). The lowest BCUT2D eigenvalue weighted by Gasteiger charge is -2.72. The number of carbonyl (C=O) groups excluding carboxylic acids is 4. The largest absolute Gasteiger partial charge is 0.481 e. The highest BCUT2D eigenvalue weighted by Crippen LogP contribution is 2.77. The van der Waals surface area contributed by atoms with E-state index in [-0.39, 0.29) is 82.2 Å². The number of ether oxygens (including phenoxy) is 1. The highest BCUT2D eigenvalue weighted by molar-refractivity contribution is 6.30. The zero-order chi connectivity index (χ0) is 43.2. The van der Waals surface area contributed by atoms with Crippen LogP contribution in [0.1, 0.15) is 150 Å². The Kier molecular flexibility index (Phi) is 11.2. The fourth-order valence-corrected chi connectivity index (χ4v) is 14.9. The molecule has 0 aliphatic heterocycles. The first-order chi connectivity index (χ1) is 27.4. The zero-order valence-electron chi connectivity index (χ0n) is 37.2. The quantitative estimate of drug-likeness (QED) is 0.200. The van der Waals surface area contributed by atoms with Crippen molar-refractivity contribution in [2.75, 3.05) is 6.54 Å². The summed E-state index contributed by atoms with van der Waals surface area (Å²) in [4.78, 5) is 66.3. The van der Waals surface area contributed by atoms with Gasteiger partial charge in [-0.2, -0.15) is 0 Å². The van der Waals surface area contributed by atoms with Crippen molar-refractivity contribution < 1.29 is 33.8 Å². The van der Waals surface area contributed by atoms with Gasteiger partial charge in [0.1, 0.15) is 6.10 Å². The first-order valence-electron chi connectivity index (χ1n) is 22.5. The molecular formula is C49H69ClN2O7. The van der Waals surface area contributed by atoms with E-state index >= 15 is 0 Å². The summed E-state index contributed by atoms with van der Waals surface area (Å²) in [6, 6.07) is 6.42. The second-order valence-corrected chi connectivity index (χ2v) is 22.6. The first-order valence-corrected chi connectivity index (χ1v) is 22.8. The number of esters is 1. The number of halogens is 1. The van der Waals surface area contributed by atoms with E-state index in [0.29, 0.717) is 35.3 Å². The SMILES string of the molecule is CC(C)C1=C2C3CC[C@@H]4[C@@]5(C)CC[C@H](OC(=O)[C@H]6C[C@@H](C(=O)O)C6(C)C)C(C)(C)[C@@H]5CC[C@@]4(C)[C@]3(C)CC[C@@]2(CC(=O)N[C@@H](C)CNC(=O)c2ccc(Cl)cc2)CC1=O. The van der Waals surface area contributed by atoms with Crippen LogP contribution in [0.25, 0.3) is 0 Å². The molecule has 324 valence electrons.